The maximum Gasteiger partial charge on any atom is 0.209 e. The van der Waals surface area contributed by atoms with Gasteiger partial charge in [0.1, 0.15) is 0 Å². The molecule has 130 valence electrons. The molecule has 0 aliphatic heterocycles. The van der Waals surface area contributed by atoms with Gasteiger partial charge < -0.3 is 11.5 Å². The number of rotatable bonds is 6. The van der Waals surface area contributed by atoms with Crippen molar-refractivity contribution in [3.05, 3.63) is 48.0 Å². The Morgan fingerprint density at radius 3 is 2.04 bits per heavy atom. The van der Waals surface area contributed by atoms with Crippen molar-refractivity contribution in [1.82, 2.24) is 0 Å². The zero-order valence-electron chi connectivity index (χ0n) is 14.1. The lowest BCUT2D eigenvalue weighted by Crippen LogP contribution is -2.22. The predicted octanol–water partition coefficient (Wildman–Crippen LogP) is 2.94. The zero-order chi connectivity index (χ0) is 17.9. The molecule has 6 heteroatoms. The van der Waals surface area contributed by atoms with Crippen molar-refractivity contribution in [2.45, 2.75) is 26.2 Å². The first-order valence-electron chi connectivity index (χ1n) is 7.91. The number of hydrogen-bond acceptors (Lipinski definition) is 4. The van der Waals surface area contributed by atoms with Crippen LogP contribution in [0.5, 0.6) is 0 Å². The van der Waals surface area contributed by atoms with Crippen molar-refractivity contribution in [3.8, 4) is 11.1 Å². The van der Waals surface area contributed by atoms with Crippen LogP contribution in [0.2, 0.25) is 0 Å². The van der Waals surface area contributed by atoms with E-state index in [0.717, 1.165) is 17.5 Å². The van der Waals surface area contributed by atoms with Crippen molar-refractivity contribution in [2.75, 3.05) is 17.2 Å². The molecular weight excluding hydrogens is 322 g/mol. The summed E-state index contributed by atoms with van der Waals surface area (Å²) in [4.78, 5) is 0. The third kappa shape index (κ3) is 4.97. The molecule has 6 N–H and O–H groups in total. The summed E-state index contributed by atoms with van der Waals surface area (Å²) in [5, 5.41) is 5.11. The van der Waals surface area contributed by atoms with Gasteiger partial charge in [-0.1, -0.05) is 44.2 Å². The van der Waals surface area contributed by atoms with E-state index in [9.17, 15) is 8.42 Å². The molecule has 0 aliphatic carbocycles. The van der Waals surface area contributed by atoms with Gasteiger partial charge in [-0.25, -0.2) is 13.6 Å². The summed E-state index contributed by atoms with van der Waals surface area (Å²) in [7, 11) is -3.42. The van der Waals surface area contributed by atoms with Crippen LogP contribution < -0.4 is 16.6 Å². The maximum atomic E-state index is 11.2. The number of hydrogen-bond donors (Lipinski definition) is 3. The smallest absolute Gasteiger partial charge is 0.209 e. The highest BCUT2D eigenvalue weighted by Crippen LogP contribution is 2.29. The first-order valence-corrected chi connectivity index (χ1v) is 9.63. The van der Waals surface area contributed by atoms with Crippen LogP contribution in [0.1, 0.15) is 31.7 Å². The summed E-state index contributed by atoms with van der Waals surface area (Å²) in [5.41, 5.74) is 16.0. The van der Waals surface area contributed by atoms with Gasteiger partial charge in [-0.15, -0.1) is 0 Å². The summed E-state index contributed by atoms with van der Waals surface area (Å²) in [5.74, 6) is 0.291. The van der Waals surface area contributed by atoms with Gasteiger partial charge in [-0.05, 0) is 47.1 Å². The third-order valence-corrected chi connectivity index (χ3v) is 5.21. The van der Waals surface area contributed by atoms with Crippen molar-refractivity contribution >= 4 is 21.4 Å². The molecular formula is C18H25N3O2S. The Morgan fingerprint density at radius 1 is 0.917 bits per heavy atom. The van der Waals surface area contributed by atoms with Crippen LogP contribution in [-0.2, 0) is 10.0 Å². The van der Waals surface area contributed by atoms with Crippen LogP contribution in [0.25, 0.3) is 11.1 Å². The minimum Gasteiger partial charge on any atom is -0.397 e. The molecule has 2 atom stereocenters. The summed E-state index contributed by atoms with van der Waals surface area (Å²) in [6.45, 7) is 4.00. The Kier molecular flexibility index (Phi) is 5.51. The molecule has 0 saturated carbocycles. The highest BCUT2D eigenvalue weighted by atomic mass is 32.2. The van der Waals surface area contributed by atoms with Gasteiger partial charge in [-0.3, -0.25) is 0 Å². The largest absolute Gasteiger partial charge is 0.397 e. The summed E-state index contributed by atoms with van der Waals surface area (Å²) in [6.07, 6.45) is 0.768. The van der Waals surface area contributed by atoms with Crippen molar-refractivity contribution in [1.29, 1.82) is 0 Å². The van der Waals surface area contributed by atoms with E-state index in [1.54, 1.807) is 6.07 Å². The van der Waals surface area contributed by atoms with E-state index in [2.05, 4.69) is 19.1 Å². The SMILES string of the molecule is CC(CC(C)c1ccc(-c2ccc(N)c(N)c2)cc1)CS(N)(=O)=O. The molecule has 0 aromatic heterocycles. The lowest BCUT2D eigenvalue weighted by atomic mass is 9.91. The van der Waals surface area contributed by atoms with Crippen molar-refractivity contribution < 1.29 is 8.42 Å². The Hall–Kier alpha value is -2.05. The Labute approximate surface area is 143 Å². The Bertz CT molecular complexity index is 802. The first kappa shape index (κ1) is 18.3. The van der Waals surface area contributed by atoms with E-state index >= 15 is 0 Å². The third-order valence-electron chi connectivity index (χ3n) is 4.17. The van der Waals surface area contributed by atoms with Crippen LogP contribution in [0.15, 0.2) is 42.5 Å². The quantitative estimate of drug-likeness (QED) is 0.697. The molecule has 0 amide bonds. The van der Waals surface area contributed by atoms with Gasteiger partial charge in [-0.2, -0.15) is 0 Å². The normalized spacial score (nSPS) is 14.3. The average Bonchev–Trinajstić information content (AvgIpc) is 2.48. The number of benzene rings is 2. The predicted molar refractivity (Wildman–Crippen MR) is 101 cm³/mol. The van der Waals surface area contributed by atoms with Crippen LogP contribution in [0, 0.1) is 5.92 Å². The first-order chi connectivity index (χ1) is 11.2. The van der Waals surface area contributed by atoms with Crippen LogP contribution in [0.4, 0.5) is 11.4 Å². The molecule has 0 aliphatic rings. The highest BCUT2D eigenvalue weighted by Gasteiger charge is 2.15. The topological polar surface area (TPSA) is 112 Å². The number of nitrogens with two attached hydrogens (primary N) is 3. The fraction of sp³-hybridized carbons (Fsp3) is 0.333. The number of anilines is 2. The van der Waals surface area contributed by atoms with E-state index < -0.39 is 10.0 Å². The molecule has 0 saturated heterocycles. The van der Waals surface area contributed by atoms with Gasteiger partial charge in [0.25, 0.3) is 0 Å². The van der Waals surface area contributed by atoms with Gasteiger partial charge in [0.05, 0.1) is 17.1 Å². The molecule has 2 aromatic rings. The second kappa shape index (κ2) is 7.23. The van der Waals surface area contributed by atoms with E-state index in [1.165, 1.54) is 5.56 Å². The van der Waals surface area contributed by atoms with E-state index in [0.29, 0.717) is 11.4 Å². The standard InChI is InChI=1S/C18H25N3O2S/c1-12(11-24(21,22)23)9-13(2)14-3-5-15(6-4-14)16-7-8-17(19)18(20)10-16/h3-8,10,12-13H,9,11,19-20H2,1-2H3,(H2,21,22,23). The average molecular weight is 347 g/mol. The molecule has 24 heavy (non-hydrogen) atoms. The second-order valence-corrected chi connectivity index (χ2v) is 8.20. The van der Waals surface area contributed by atoms with E-state index in [-0.39, 0.29) is 17.6 Å². The van der Waals surface area contributed by atoms with Crippen molar-refractivity contribution in [3.63, 3.8) is 0 Å². The van der Waals surface area contributed by atoms with Gasteiger partial charge in [0, 0.05) is 0 Å². The van der Waals surface area contributed by atoms with Crippen LogP contribution in [-0.4, -0.2) is 14.2 Å². The molecule has 2 unspecified atom stereocenters. The summed E-state index contributed by atoms with van der Waals surface area (Å²) in [6, 6.07) is 13.8. The highest BCUT2D eigenvalue weighted by molar-refractivity contribution is 7.89. The van der Waals surface area contributed by atoms with Gasteiger partial charge >= 0.3 is 0 Å². The molecule has 5 nitrogen and oxygen atoms in total. The van der Waals surface area contributed by atoms with E-state index in [1.807, 2.05) is 31.2 Å². The second-order valence-electron chi connectivity index (χ2n) is 6.54. The minimum atomic E-state index is -3.42. The van der Waals surface area contributed by atoms with Crippen LogP contribution >= 0.6 is 0 Å². The molecule has 0 spiro atoms. The van der Waals surface area contributed by atoms with Gasteiger partial charge in [0.2, 0.25) is 10.0 Å². The number of sulfonamides is 1. The maximum absolute atomic E-state index is 11.2. The molecule has 0 fully saturated rings. The van der Waals surface area contributed by atoms with E-state index in [4.69, 9.17) is 16.6 Å². The summed E-state index contributed by atoms with van der Waals surface area (Å²) < 4.78 is 22.3. The van der Waals surface area contributed by atoms with Crippen molar-refractivity contribution in [2.24, 2.45) is 11.1 Å². The molecule has 0 heterocycles. The fourth-order valence-corrected chi connectivity index (χ4v) is 3.89. The Balaban J connectivity index is 2.09. The molecule has 0 radical (unpaired) electrons. The molecule has 2 aromatic carbocycles. The zero-order valence-corrected chi connectivity index (χ0v) is 14.9. The lowest BCUT2D eigenvalue weighted by molar-refractivity contribution is 0.512. The van der Waals surface area contributed by atoms with Gasteiger partial charge in [0.15, 0.2) is 0 Å². The lowest BCUT2D eigenvalue weighted by Gasteiger charge is -2.17. The minimum absolute atomic E-state index is 0.0140. The number of nitrogen functional groups attached to an aromatic ring is 2. The summed E-state index contributed by atoms with van der Waals surface area (Å²) >= 11 is 0. The fourth-order valence-electron chi connectivity index (χ4n) is 2.96. The Morgan fingerprint density at radius 2 is 1.50 bits per heavy atom. The van der Waals surface area contributed by atoms with Crippen LogP contribution in [0.3, 0.4) is 0 Å². The molecule has 2 rings (SSSR count). The monoisotopic (exact) mass is 347 g/mol. The number of primary sulfonamides is 1. The molecule has 0 bridgehead atoms.